The van der Waals surface area contributed by atoms with Crippen molar-refractivity contribution in [3.8, 4) is 6.07 Å². The SMILES string of the molecule is CCCNC(=O)CSCCCC(C)(C#N)NC. The van der Waals surface area contributed by atoms with Crippen molar-refractivity contribution in [3.05, 3.63) is 0 Å². The molecule has 0 heterocycles. The molecule has 4 nitrogen and oxygen atoms in total. The van der Waals surface area contributed by atoms with Crippen LogP contribution in [0.4, 0.5) is 0 Å². The summed E-state index contributed by atoms with van der Waals surface area (Å²) in [7, 11) is 1.80. The van der Waals surface area contributed by atoms with Gasteiger partial charge in [-0.3, -0.25) is 4.79 Å². The highest BCUT2D eigenvalue weighted by atomic mass is 32.2. The molecule has 0 spiro atoms. The van der Waals surface area contributed by atoms with Gasteiger partial charge in [-0.1, -0.05) is 6.92 Å². The number of nitrogens with one attached hydrogen (secondary N) is 2. The minimum absolute atomic E-state index is 0.105. The van der Waals surface area contributed by atoms with E-state index in [4.69, 9.17) is 5.26 Å². The molecule has 0 aromatic heterocycles. The lowest BCUT2D eigenvalue weighted by Gasteiger charge is -2.20. The van der Waals surface area contributed by atoms with E-state index in [2.05, 4.69) is 16.7 Å². The van der Waals surface area contributed by atoms with Gasteiger partial charge in [0.2, 0.25) is 5.91 Å². The summed E-state index contributed by atoms with van der Waals surface area (Å²) in [6.07, 6.45) is 2.72. The predicted octanol–water partition coefficient (Wildman–Crippen LogP) is 1.53. The van der Waals surface area contributed by atoms with Crippen molar-refractivity contribution in [3.63, 3.8) is 0 Å². The number of hydrogen-bond donors (Lipinski definition) is 2. The first kappa shape index (κ1) is 16.3. The molecule has 0 fully saturated rings. The molecule has 1 atom stereocenters. The Bertz CT molecular complexity index is 265. The van der Waals surface area contributed by atoms with E-state index >= 15 is 0 Å². The second-order valence-corrected chi connectivity index (χ2v) is 5.31. The standard InChI is InChI=1S/C12H23N3OS/c1-4-7-15-11(16)9-17-8-5-6-12(2,10-13)14-3/h14H,4-9H2,1-3H3,(H,15,16). The topological polar surface area (TPSA) is 64.9 Å². The monoisotopic (exact) mass is 257 g/mol. The summed E-state index contributed by atoms with van der Waals surface area (Å²) in [6.45, 7) is 4.69. The summed E-state index contributed by atoms with van der Waals surface area (Å²) in [4.78, 5) is 11.3. The summed E-state index contributed by atoms with van der Waals surface area (Å²) in [5.74, 6) is 1.54. The highest BCUT2D eigenvalue weighted by Crippen LogP contribution is 2.13. The quantitative estimate of drug-likeness (QED) is 0.615. The van der Waals surface area contributed by atoms with Crippen molar-refractivity contribution in [1.82, 2.24) is 10.6 Å². The first-order valence-corrected chi connectivity index (χ1v) is 7.18. The van der Waals surface area contributed by atoms with E-state index in [9.17, 15) is 4.79 Å². The Labute approximate surface area is 109 Å². The molecule has 0 aliphatic carbocycles. The molecule has 0 aromatic rings. The van der Waals surface area contributed by atoms with Crippen LogP contribution in [0.3, 0.4) is 0 Å². The Balaban J connectivity index is 3.53. The van der Waals surface area contributed by atoms with E-state index in [-0.39, 0.29) is 5.91 Å². The maximum absolute atomic E-state index is 11.3. The minimum Gasteiger partial charge on any atom is -0.355 e. The maximum atomic E-state index is 11.3. The lowest BCUT2D eigenvalue weighted by molar-refractivity contribution is -0.118. The molecule has 0 aliphatic heterocycles. The number of nitrogens with zero attached hydrogens (tertiary/aromatic N) is 1. The summed E-state index contributed by atoms with van der Waals surface area (Å²) in [5, 5.41) is 14.8. The molecule has 98 valence electrons. The number of rotatable bonds is 9. The molecule has 0 rings (SSSR count). The van der Waals surface area contributed by atoms with Crippen molar-refractivity contribution in [2.24, 2.45) is 0 Å². The van der Waals surface area contributed by atoms with Gasteiger partial charge in [0, 0.05) is 6.54 Å². The normalized spacial score (nSPS) is 13.8. The molecule has 0 aliphatic rings. The summed E-state index contributed by atoms with van der Waals surface area (Å²) >= 11 is 1.62. The fraction of sp³-hybridized carbons (Fsp3) is 0.833. The van der Waals surface area contributed by atoms with Crippen molar-refractivity contribution < 1.29 is 4.79 Å². The van der Waals surface area contributed by atoms with Gasteiger partial charge in [-0.25, -0.2) is 0 Å². The van der Waals surface area contributed by atoms with Gasteiger partial charge >= 0.3 is 0 Å². The van der Waals surface area contributed by atoms with Crippen LogP contribution in [0.25, 0.3) is 0 Å². The van der Waals surface area contributed by atoms with E-state index in [0.717, 1.165) is 31.6 Å². The van der Waals surface area contributed by atoms with Crippen LogP contribution in [0.15, 0.2) is 0 Å². The molecule has 2 N–H and O–H groups in total. The smallest absolute Gasteiger partial charge is 0.229 e. The third-order valence-corrected chi connectivity index (χ3v) is 3.61. The molecule has 5 heteroatoms. The number of amides is 1. The van der Waals surface area contributed by atoms with Crippen molar-refractivity contribution in [2.45, 2.75) is 38.6 Å². The van der Waals surface area contributed by atoms with Gasteiger partial charge in [-0.05, 0) is 39.0 Å². The van der Waals surface area contributed by atoms with E-state index in [1.807, 2.05) is 13.8 Å². The highest BCUT2D eigenvalue weighted by Gasteiger charge is 2.19. The summed E-state index contributed by atoms with van der Waals surface area (Å²) in [6, 6.07) is 2.26. The molecule has 17 heavy (non-hydrogen) atoms. The first-order chi connectivity index (χ1) is 8.08. The van der Waals surface area contributed by atoms with Crippen LogP contribution in [-0.2, 0) is 4.79 Å². The summed E-state index contributed by atoms with van der Waals surface area (Å²) in [5.41, 5.74) is -0.439. The Morgan fingerprint density at radius 1 is 1.53 bits per heavy atom. The number of hydrogen-bond acceptors (Lipinski definition) is 4. The van der Waals surface area contributed by atoms with Crippen molar-refractivity contribution >= 4 is 17.7 Å². The number of carbonyl (C=O) groups is 1. The zero-order chi connectivity index (χ0) is 13.1. The van der Waals surface area contributed by atoms with Gasteiger partial charge < -0.3 is 10.6 Å². The van der Waals surface area contributed by atoms with Crippen LogP contribution in [0.1, 0.15) is 33.1 Å². The second-order valence-electron chi connectivity index (χ2n) is 4.20. The van der Waals surface area contributed by atoms with Gasteiger partial charge in [0.1, 0.15) is 5.54 Å². The molecule has 0 bridgehead atoms. The third-order valence-electron chi connectivity index (χ3n) is 2.57. The van der Waals surface area contributed by atoms with Gasteiger partial charge in [0.25, 0.3) is 0 Å². The Morgan fingerprint density at radius 2 is 2.24 bits per heavy atom. The maximum Gasteiger partial charge on any atom is 0.229 e. The number of carbonyl (C=O) groups excluding carboxylic acids is 1. The van der Waals surface area contributed by atoms with Crippen LogP contribution in [-0.4, -0.2) is 36.5 Å². The lowest BCUT2D eigenvalue weighted by atomic mass is 9.99. The van der Waals surface area contributed by atoms with Crippen LogP contribution in [0, 0.1) is 11.3 Å². The molecular formula is C12H23N3OS. The molecule has 0 aromatic carbocycles. The van der Waals surface area contributed by atoms with E-state index < -0.39 is 5.54 Å². The lowest BCUT2D eigenvalue weighted by Crippen LogP contribution is -2.38. The third kappa shape index (κ3) is 8.06. The van der Waals surface area contributed by atoms with Crippen LogP contribution in [0.5, 0.6) is 0 Å². The average Bonchev–Trinajstić information content (AvgIpc) is 2.35. The zero-order valence-corrected chi connectivity index (χ0v) is 11.8. The van der Waals surface area contributed by atoms with Crippen molar-refractivity contribution in [2.75, 3.05) is 25.1 Å². The summed E-state index contributed by atoms with van der Waals surface area (Å²) < 4.78 is 0. The van der Waals surface area contributed by atoms with Gasteiger partial charge in [0.15, 0.2) is 0 Å². The van der Waals surface area contributed by atoms with Gasteiger partial charge in [-0.15, -0.1) is 0 Å². The number of nitriles is 1. The second kappa shape index (κ2) is 9.32. The van der Waals surface area contributed by atoms with Gasteiger partial charge in [0.05, 0.1) is 11.8 Å². The molecule has 0 radical (unpaired) electrons. The molecule has 1 amide bonds. The van der Waals surface area contributed by atoms with E-state index in [1.165, 1.54) is 0 Å². The van der Waals surface area contributed by atoms with Crippen LogP contribution >= 0.6 is 11.8 Å². The van der Waals surface area contributed by atoms with E-state index in [0.29, 0.717) is 5.75 Å². The predicted molar refractivity (Wildman–Crippen MR) is 72.9 cm³/mol. The highest BCUT2D eigenvalue weighted by molar-refractivity contribution is 7.99. The van der Waals surface area contributed by atoms with Gasteiger partial charge in [-0.2, -0.15) is 17.0 Å². The zero-order valence-electron chi connectivity index (χ0n) is 11.0. The van der Waals surface area contributed by atoms with Crippen LogP contribution < -0.4 is 10.6 Å². The Morgan fingerprint density at radius 3 is 2.76 bits per heavy atom. The number of thioether (sulfide) groups is 1. The van der Waals surface area contributed by atoms with E-state index in [1.54, 1.807) is 18.8 Å². The average molecular weight is 257 g/mol. The first-order valence-electron chi connectivity index (χ1n) is 6.02. The Hall–Kier alpha value is -0.730. The Kier molecular flexibility index (Phi) is 8.92. The molecule has 1 unspecified atom stereocenters. The minimum atomic E-state index is -0.439. The molecule has 0 saturated heterocycles. The van der Waals surface area contributed by atoms with Crippen LogP contribution in [0.2, 0.25) is 0 Å². The fourth-order valence-corrected chi connectivity index (χ4v) is 2.03. The van der Waals surface area contributed by atoms with Crippen molar-refractivity contribution in [1.29, 1.82) is 5.26 Å². The molecular weight excluding hydrogens is 234 g/mol. The fourth-order valence-electron chi connectivity index (χ4n) is 1.24. The largest absolute Gasteiger partial charge is 0.355 e. The molecule has 0 saturated carbocycles.